The van der Waals surface area contributed by atoms with E-state index in [1.165, 1.54) is 5.39 Å². The molecule has 2 atom stereocenters. The molecule has 4 N–H and O–H groups in total. The predicted octanol–water partition coefficient (Wildman–Crippen LogP) is 5.28. The first kappa shape index (κ1) is 25.1. The van der Waals surface area contributed by atoms with Gasteiger partial charge in [0.25, 0.3) is 0 Å². The molecule has 0 radical (unpaired) electrons. The molecule has 3 rings (SSSR count). The van der Waals surface area contributed by atoms with Gasteiger partial charge in [0.2, 0.25) is 11.8 Å². The van der Waals surface area contributed by atoms with Gasteiger partial charge in [-0.3, -0.25) is 9.59 Å². The van der Waals surface area contributed by atoms with Crippen molar-refractivity contribution < 1.29 is 9.59 Å². The van der Waals surface area contributed by atoms with Crippen LogP contribution in [0.3, 0.4) is 0 Å². The van der Waals surface area contributed by atoms with Crippen molar-refractivity contribution in [2.24, 2.45) is 11.7 Å². The summed E-state index contributed by atoms with van der Waals surface area (Å²) in [6, 6.07) is 17.8. The van der Waals surface area contributed by atoms with Gasteiger partial charge in [-0.15, -0.1) is 0 Å². The van der Waals surface area contributed by atoms with Crippen molar-refractivity contribution in [3.05, 3.63) is 54.6 Å². The maximum Gasteiger partial charge on any atom is 0.246 e. The summed E-state index contributed by atoms with van der Waals surface area (Å²) in [4.78, 5) is 26.0. The van der Waals surface area contributed by atoms with Gasteiger partial charge in [-0.05, 0) is 78.0 Å². The summed E-state index contributed by atoms with van der Waals surface area (Å²) in [6.45, 7) is 2.67. The Bertz CT molecular complexity index is 1090. The van der Waals surface area contributed by atoms with Gasteiger partial charge >= 0.3 is 0 Å². The van der Waals surface area contributed by atoms with Crippen LogP contribution >= 0.6 is 12.6 Å². The molecule has 6 heteroatoms. The number of fused-ring (bicyclic) bond motifs is 2. The molecule has 3 aromatic rings. The third kappa shape index (κ3) is 6.95. The van der Waals surface area contributed by atoms with E-state index >= 15 is 0 Å². The molecule has 0 saturated carbocycles. The second-order valence-electron chi connectivity index (χ2n) is 8.62. The fraction of sp³-hybridized carbons (Fsp3) is 0.407. The van der Waals surface area contributed by atoms with Gasteiger partial charge in [-0.25, -0.2) is 0 Å². The van der Waals surface area contributed by atoms with Gasteiger partial charge in [-0.1, -0.05) is 50.1 Å². The third-order valence-electron chi connectivity index (χ3n) is 6.05. The Hall–Kier alpha value is -2.57. The molecular formula is C27H35N3O2S. The predicted molar refractivity (Wildman–Crippen MR) is 142 cm³/mol. The Morgan fingerprint density at radius 1 is 0.879 bits per heavy atom. The van der Waals surface area contributed by atoms with E-state index in [1.807, 2.05) is 30.3 Å². The van der Waals surface area contributed by atoms with Crippen LogP contribution in [0.25, 0.3) is 21.5 Å². The third-order valence-corrected chi connectivity index (χ3v) is 6.49. The van der Waals surface area contributed by atoms with Crippen molar-refractivity contribution in [2.75, 3.05) is 17.6 Å². The minimum absolute atomic E-state index is 0.101. The first-order chi connectivity index (χ1) is 16.0. The highest BCUT2D eigenvalue weighted by molar-refractivity contribution is 7.80. The molecule has 0 aliphatic heterocycles. The minimum atomic E-state index is -0.597. The first-order valence-electron chi connectivity index (χ1n) is 11.9. The molecule has 0 unspecified atom stereocenters. The number of nitrogens with two attached hydrogens (primary N) is 1. The number of carbonyl (C=O) groups is 2. The van der Waals surface area contributed by atoms with Crippen molar-refractivity contribution in [1.82, 2.24) is 5.32 Å². The Balaban J connectivity index is 1.75. The molecule has 0 aliphatic carbocycles. The van der Waals surface area contributed by atoms with E-state index in [0.29, 0.717) is 18.7 Å². The van der Waals surface area contributed by atoms with E-state index in [9.17, 15) is 9.59 Å². The number of amides is 2. The van der Waals surface area contributed by atoms with Crippen LogP contribution in [0.5, 0.6) is 0 Å². The van der Waals surface area contributed by atoms with Gasteiger partial charge in [0.15, 0.2) is 0 Å². The van der Waals surface area contributed by atoms with Gasteiger partial charge in [0.1, 0.15) is 6.04 Å². The lowest BCUT2D eigenvalue weighted by Gasteiger charge is -2.22. The van der Waals surface area contributed by atoms with E-state index in [0.717, 1.165) is 54.0 Å². The highest BCUT2D eigenvalue weighted by atomic mass is 32.1. The normalized spacial score (nSPS) is 13.1. The molecule has 0 spiro atoms. The molecule has 3 aromatic carbocycles. The number of thiol groups is 1. The van der Waals surface area contributed by atoms with Crippen molar-refractivity contribution in [1.29, 1.82) is 0 Å². The monoisotopic (exact) mass is 465 g/mol. The maximum absolute atomic E-state index is 13.1. The number of anilines is 1. The molecule has 2 amide bonds. The van der Waals surface area contributed by atoms with Crippen molar-refractivity contribution in [2.45, 2.75) is 51.5 Å². The van der Waals surface area contributed by atoms with Crippen LogP contribution in [-0.2, 0) is 9.59 Å². The highest BCUT2D eigenvalue weighted by Gasteiger charge is 2.24. The van der Waals surface area contributed by atoms with Gasteiger partial charge < -0.3 is 16.4 Å². The molecule has 0 fully saturated rings. The van der Waals surface area contributed by atoms with E-state index in [-0.39, 0.29) is 17.7 Å². The van der Waals surface area contributed by atoms with Crippen LogP contribution in [-0.4, -0.2) is 30.2 Å². The summed E-state index contributed by atoms with van der Waals surface area (Å²) in [7, 11) is 0. The largest absolute Gasteiger partial charge is 0.344 e. The molecule has 0 heterocycles. The number of rotatable bonds is 12. The van der Waals surface area contributed by atoms with Crippen molar-refractivity contribution in [3.63, 3.8) is 0 Å². The van der Waals surface area contributed by atoms with Gasteiger partial charge in [-0.2, -0.15) is 12.6 Å². The summed E-state index contributed by atoms with van der Waals surface area (Å²) in [5, 5.41) is 10.5. The summed E-state index contributed by atoms with van der Waals surface area (Å²) in [5.74, 6) is -0.0148. The van der Waals surface area contributed by atoms with Crippen LogP contribution in [0, 0.1) is 5.92 Å². The number of hydrogen-bond acceptors (Lipinski definition) is 4. The van der Waals surface area contributed by atoms with E-state index in [4.69, 9.17) is 5.73 Å². The number of nitrogens with one attached hydrogen (secondary N) is 2. The van der Waals surface area contributed by atoms with E-state index in [1.54, 1.807) is 0 Å². The number of benzene rings is 3. The van der Waals surface area contributed by atoms with E-state index in [2.05, 4.69) is 54.5 Å². The van der Waals surface area contributed by atoms with Crippen LogP contribution in [0.4, 0.5) is 5.69 Å². The smallest absolute Gasteiger partial charge is 0.246 e. The standard InChI is InChI=1S/C27H35N3O2S/c1-2-3-8-22(18-33)26(31)30-25(11-6-7-14-28)27(32)29-24-13-12-21-15-19-9-4-5-10-20(19)16-23(21)17-24/h4-5,9-10,12-13,15-17,22,25,33H,2-3,6-8,11,14,18,28H2,1H3,(H,29,32)(H,30,31)/t22-,25+/m1/s1. The summed E-state index contributed by atoms with van der Waals surface area (Å²) in [6.07, 6.45) is 4.92. The topological polar surface area (TPSA) is 84.2 Å². The van der Waals surface area contributed by atoms with Gasteiger partial charge in [0.05, 0.1) is 0 Å². The lowest BCUT2D eigenvalue weighted by molar-refractivity contribution is -0.129. The second-order valence-corrected chi connectivity index (χ2v) is 8.98. The fourth-order valence-corrected chi connectivity index (χ4v) is 4.40. The van der Waals surface area contributed by atoms with Crippen LogP contribution in [0.15, 0.2) is 54.6 Å². The lowest BCUT2D eigenvalue weighted by Crippen LogP contribution is -2.46. The number of unbranched alkanes of at least 4 members (excludes halogenated alkanes) is 2. The van der Waals surface area contributed by atoms with Crippen LogP contribution in [0.2, 0.25) is 0 Å². The summed E-state index contributed by atoms with van der Waals surface area (Å²) >= 11 is 4.35. The average molecular weight is 466 g/mol. The Kier molecular flexibility index (Phi) is 9.58. The quantitative estimate of drug-likeness (QED) is 0.167. The fourth-order valence-electron chi connectivity index (χ4n) is 4.05. The number of carbonyl (C=O) groups excluding carboxylic acids is 2. The van der Waals surface area contributed by atoms with Crippen LogP contribution in [0.1, 0.15) is 45.4 Å². The zero-order chi connectivity index (χ0) is 23.6. The Morgan fingerprint density at radius 2 is 1.58 bits per heavy atom. The SMILES string of the molecule is CCCC[C@H](CS)C(=O)N[C@@H](CCCCN)C(=O)Nc1ccc2cc3ccccc3cc2c1. The molecule has 176 valence electrons. The molecule has 0 aromatic heterocycles. The van der Waals surface area contributed by atoms with Crippen molar-refractivity contribution in [3.8, 4) is 0 Å². The van der Waals surface area contributed by atoms with Crippen LogP contribution < -0.4 is 16.4 Å². The first-order valence-corrected chi connectivity index (χ1v) is 12.5. The molecule has 0 bridgehead atoms. The minimum Gasteiger partial charge on any atom is -0.344 e. The van der Waals surface area contributed by atoms with Crippen molar-refractivity contribution >= 4 is 51.7 Å². The highest BCUT2D eigenvalue weighted by Crippen LogP contribution is 2.25. The zero-order valence-electron chi connectivity index (χ0n) is 19.3. The Morgan fingerprint density at radius 3 is 2.24 bits per heavy atom. The van der Waals surface area contributed by atoms with E-state index < -0.39 is 6.04 Å². The second kappa shape index (κ2) is 12.6. The Labute approximate surface area is 201 Å². The summed E-state index contributed by atoms with van der Waals surface area (Å²) in [5.41, 5.74) is 6.35. The lowest BCUT2D eigenvalue weighted by atomic mass is 10.0. The summed E-state index contributed by atoms with van der Waals surface area (Å²) < 4.78 is 0. The number of hydrogen-bond donors (Lipinski definition) is 4. The molecule has 0 saturated heterocycles. The molecule has 5 nitrogen and oxygen atoms in total. The van der Waals surface area contributed by atoms with Gasteiger partial charge in [0, 0.05) is 17.4 Å². The zero-order valence-corrected chi connectivity index (χ0v) is 20.2. The molecular weight excluding hydrogens is 430 g/mol. The molecule has 0 aliphatic rings. The maximum atomic E-state index is 13.1. The average Bonchev–Trinajstić information content (AvgIpc) is 2.82. The molecule has 33 heavy (non-hydrogen) atoms.